The summed E-state index contributed by atoms with van der Waals surface area (Å²) in [5, 5.41) is 12.6. The molecular formula is C30H32F6N4O5. The molecule has 1 spiro atoms. The summed E-state index contributed by atoms with van der Waals surface area (Å²) in [4.78, 5) is 35.3. The Hall–Kier alpha value is -3.62. The van der Waals surface area contributed by atoms with Crippen molar-refractivity contribution in [1.29, 1.82) is 0 Å². The number of benzene rings is 1. The van der Waals surface area contributed by atoms with Crippen molar-refractivity contribution < 1.29 is 50.5 Å². The lowest BCUT2D eigenvalue weighted by Gasteiger charge is -2.34. The number of aromatic nitrogens is 2. The quantitative estimate of drug-likeness (QED) is 0.389. The van der Waals surface area contributed by atoms with Gasteiger partial charge in [0.25, 0.3) is 5.91 Å². The van der Waals surface area contributed by atoms with Gasteiger partial charge in [0.15, 0.2) is 12.3 Å². The first-order valence-electron chi connectivity index (χ1n) is 14.8. The van der Waals surface area contributed by atoms with E-state index in [9.17, 15) is 41.0 Å². The summed E-state index contributed by atoms with van der Waals surface area (Å²) >= 11 is 0. The number of nitrogens with one attached hydrogen (secondary N) is 1. The lowest BCUT2D eigenvalue weighted by Crippen LogP contribution is -2.57. The van der Waals surface area contributed by atoms with E-state index in [4.69, 9.17) is 9.47 Å². The third-order valence-electron chi connectivity index (χ3n) is 9.74. The van der Waals surface area contributed by atoms with E-state index >= 15 is 0 Å². The summed E-state index contributed by atoms with van der Waals surface area (Å²) in [6.45, 7) is 1.28. The predicted octanol–water partition coefficient (Wildman–Crippen LogP) is 5.65. The summed E-state index contributed by atoms with van der Waals surface area (Å²) in [5.74, 6) is -3.03. The Labute approximate surface area is 254 Å². The van der Waals surface area contributed by atoms with Crippen LogP contribution >= 0.6 is 0 Å². The van der Waals surface area contributed by atoms with E-state index in [0.717, 1.165) is 12.6 Å². The van der Waals surface area contributed by atoms with Crippen LogP contribution in [-0.4, -0.2) is 65.0 Å². The molecule has 9 nitrogen and oxygen atoms in total. The van der Waals surface area contributed by atoms with Crippen molar-refractivity contribution >= 4 is 23.5 Å². The van der Waals surface area contributed by atoms with Crippen molar-refractivity contribution in [3.8, 4) is 5.75 Å². The first-order valence-corrected chi connectivity index (χ1v) is 14.8. The van der Waals surface area contributed by atoms with Crippen LogP contribution < -0.4 is 15.0 Å². The molecule has 1 amide bonds. The van der Waals surface area contributed by atoms with E-state index in [1.165, 1.54) is 23.1 Å². The number of carbonyl (C=O) groups excluding carboxylic acids is 1. The molecule has 6 rings (SSSR count). The Balaban J connectivity index is 1.34. The number of carboxylic acids is 1. The van der Waals surface area contributed by atoms with Crippen molar-refractivity contribution in [1.82, 2.24) is 15.3 Å². The Kier molecular flexibility index (Phi) is 7.68. The molecular weight excluding hydrogens is 610 g/mol. The number of fused-ring (bicyclic) bond motifs is 4. The van der Waals surface area contributed by atoms with E-state index in [1.54, 1.807) is 0 Å². The minimum atomic E-state index is -5.09. The molecule has 2 bridgehead atoms. The second kappa shape index (κ2) is 11.0. The summed E-state index contributed by atoms with van der Waals surface area (Å²) in [7, 11) is 0. The Morgan fingerprint density at radius 2 is 1.87 bits per heavy atom. The van der Waals surface area contributed by atoms with Gasteiger partial charge in [0.1, 0.15) is 11.3 Å². The van der Waals surface area contributed by atoms with Gasteiger partial charge in [-0.1, -0.05) is 6.92 Å². The van der Waals surface area contributed by atoms with Gasteiger partial charge in [-0.05, 0) is 80.0 Å². The molecule has 2 saturated carbocycles. The highest BCUT2D eigenvalue weighted by atomic mass is 19.4. The lowest BCUT2D eigenvalue weighted by atomic mass is 9.76. The van der Waals surface area contributed by atoms with Crippen molar-refractivity contribution in [2.75, 3.05) is 31.3 Å². The number of hydrogen-bond acceptors (Lipinski definition) is 7. The number of alkyl halides is 6. The molecule has 3 fully saturated rings. The molecule has 1 aromatic carbocycles. The van der Waals surface area contributed by atoms with Gasteiger partial charge in [-0.15, -0.1) is 0 Å². The molecule has 4 atom stereocenters. The maximum absolute atomic E-state index is 14.5. The first-order chi connectivity index (χ1) is 21.1. The summed E-state index contributed by atoms with van der Waals surface area (Å²) in [5.41, 5.74) is -3.79. The third kappa shape index (κ3) is 5.79. The van der Waals surface area contributed by atoms with E-state index in [-0.39, 0.29) is 36.5 Å². The Morgan fingerprint density at radius 3 is 2.53 bits per heavy atom. The van der Waals surface area contributed by atoms with Crippen LogP contribution in [0.5, 0.6) is 5.75 Å². The molecule has 2 aromatic rings. The average Bonchev–Trinajstić information content (AvgIpc) is 3.41. The number of rotatable bonds is 6. The van der Waals surface area contributed by atoms with Gasteiger partial charge in [-0.3, -0.25) is 4.79 Å². The van der Waals surface area contributed by atoms with Crippen LogP contribution in [-0.2, 0) is 21.1 Å². The van der Waals surface area contributed by atoms with E-state index in [1.807, 2.05) is 6.92 Å². The lowest BCUT2D eigenvalue weighted by molar-refractivity contribution is -0.153. The van der Waals surface area contributed by atoms with Crippen LogP contribution in [0.3, 0.4) is 0 Å². The molecule has 15 heteroatoms. The highest BCUT2D eigenvalue weighted by molar-refractivity contribution is 5.99. The average molecular weight is 643 g/mol. The second-order valence-corrected chi connectivity index (χ2v) is 12.8. The Bertz CT molecular complexity index is 1490. The smallest absolute Gasteiger partial charge is 0.434 e. The standard InChI is InChI=1S/C30H32F6N4O5/c1-16-8-17-10-18(9-16)28(12-17,25(42)43)39-24(41)20-13-37-26(38-23(20)30(34,35)36)40-14-27(4-6-44-7-5-27)21-11-19(2-3-22(21)40)45-15-29(31,32)33/h2-3,11,13,16-18H,4-10,12,14-15H2,1H3,(H,39,41)(H,42,43). The Morgan fingerprint density at radius 1 is 1.13 bits per heavy atom. The van der Waals surface area contributed by atoms with Crippen LogP contribution in [0.1, 0.15) is 67.1 Å². The first kappa shape index (κ1) is 31.4. The fourth-order valence-corrected chi connectivity index (χ4v) is 7.83. The van der Waals surface area contributed by atoms with Crippen LogP contribution in [0.2, 0.25) is 0 Å². The molecule has 1 aromatic heterocycles. The van der Waals surface area contributed by atoms with Gasteiger partial charge < -0.3 is 24.8 Å². The van der Waals surface area contributed by atoms with Crippen LogP contribution in [0.25, 0.3) is 0 Å². The van der Waals surface area contributed by atoms with Crippen LogP contribution in [0.15, 0.2) is 24.4 Å². The molecule has 4 aliphatic rings. The van der Waals surface area contributed by atoms with Crippen molar-refractivity contribution in [3.63, 3.8) is 0 Å². The van der Waals surface area contributed by atoms with E-state index in [0.29, 0.717) is 50.1 Å². The van der Waals surface area contributed by atoms with Gasteiger partial charge in [-0.25, -0.2) is 14.8 Å². The van der Waals surface area contributed by atoms with Crippen molar-refractivity contribution in [3.05, 3.63) is 41.2 Å². The van der Waals surface area contributed by atoms with Gasteiger partial charge >= 0.3 is 18.3 Å². The SMILES string of the molecule is CC1CC2CC(C1)C(NC(=O)c1cnc(N3CC4(CCOCC4)c4cc(OCC(F)(F)F)ccc43)nc1C(F)(F)F)(C(=O)O)C2. The number of ether oxygens (including phenoxy) is 2. The molecule has 1 saturated heterocycles. The van der Waals surface area contributed by atoms with E-state index in [2.05, 4.69) is 15.3 Å². The topological polar surface area (TPSA) is 114 Å². The monoisotopic (exact) mass is 642 g/mol. The van der Waals surface area contributed by atoms with E-state index < -0.39 is 59.0 Å². The molecule has 2 aliphatic heterocycles. The van der Waals surface area contributed by atoms with Crippen LogP contribution in [0, 0.1) is 17.8 Å². The van der Waals surface area contributed by atoms with Gasteiger partial charge in [-0.2, -0.15) is 26.3 Å². The zero-order chi connectivity index (χ0) is 32.4. The molecule has 4 unspecified atom stereocenters. The zero-order valence-corrected chi connectivity index (χ0v) is 24.3. The minimum absolute atomic E-state index is 0.0409. The fraction of sp³-hybridized carbons (Fsp3) is 0.600. The maximum atomic E-state index is 14.5. The number of hydrogen-bond donors (Lipinski definition) is 2. The number of carboxylic acid groups (broad SMARTS) is 1. The molecule has 2 aliphatic carbocycles. The van der Waals surface area contributed by atoms with Crippen molar-refractivity contribution in [2.24, 2.45) is 17.8 Å². The molecule has 45 heavy (non-hydrogen) atoms. The number of amides is 1. The highest BCUT2D eigenvalue weighted by Gasteiger charge is 2.57. The van der Waals surface area contributed by atoms with Gasteiger partial charge in [0.2, 0.25) is 5.95 Å². The molecule has 3 heterocycles. The largest absolute Gasteiger partial charge is 0.484 e. The van der Waals surface area contributed by atoms with Crippen LogP contribution in [0.4, 0.5) is 38.0 Å². The second-order valence-electron chi connectivity index (χ2n) is 12.8. The van der Waals surface area contributed by atoms with Gasteiger partial charge in [0.05, 0.1) is 5.56 Å². The number of aliphatic carboxylic acids is 1. The molecule has 0 radical (unpaired) electrons. The molecule has 2 N–H and O–H groups in total. The molecule has 244 valence electrons. The normalized spacial score (nSPS) is 27.4. The predicted molar refractivity (Wildman–Crippen MR) is 146 cm³/mol. The van der Waals surface area contributed by atoms with Gasteiger partial charge in [0, 0.05) is 37.1 Å². The summed E-state index contributed by atoms with van der Waals surface area (Å²) in [6.07, 6.45) is -5.96. The number of nitrogens with zero attached hydrogens (tertiary/aromatic N) is 3. The fourth-order valence-electron chi connectivity index (χ4n) is 7.83. The number of halogens is 6. The number of carbonyl (C=O) groups is 2. The third-order valence-corrected chi connectivity index (χ3v) is 9.74. The number of anilines is 2. The highest BCUT2D eigenvalue weighted by Crippen LogP contribution is 2.52. The maximum Gasteiger partial charge on any atom is 0.434 e. The summed E-state index contributed by atoms with van der Waals surface area (Å²) in [6, 6.07) is 4.22. The summed E-state index contributed by atoms with van der Waals surface area (Å²) < 4.78 is 92.2. The minimum Gasteiger partial charge on any atom is -0.484 e. The van der Waals surface area contributed by atoms with Crippen molar-refractivity contribution in [2.45, 2.75) is 68.8 Å². The zero-order valence-electron chi connectivity index (χ0n) is 24.3.